The van der Waals surface area contributed by atoms with Crippen LogP contribution in [-0.4, -0.2) is 20.8 Å². The number of fused-ring (bicyclic) bond motifs is 1. The number of hydrogen-bond acceptors (Lipinski definition) is 3. The Labute approximate surface area is 166 Å². The molecule has 1 heterocycles. The normalized spacial score (nSPS) is 15.4. The highest BCUT2D eigenvalue weighted by atomic mass is 16.5. The second kappa shape index (κ2) is 8.32. The molecule has 3 heteroatoms. The van der Waals surface area contributed by atoms with E-state index in [1.807, 2.05) is 0 Å². The third-order valence-corrected chi connectivity index (χ3v) is 5.24. The van der Waals surface area contributed by atoms with E-state index in [1.165, 1.54) is 27.8 Å². The molecule has 0 spiro atoms. The Morgan fingerprint density at radius 3 is 2.00 bits per heavy atom. The minimum Gasteiger partial charge on any atom is -0.493 e. The van der Waals surface area contributed by atoms with Crippen molar-refractivity contribution in [3.05, 3.63) is 101 Å². The summed E-state index contributed by atoms with van der Waals surface area (Å²) in [7, 11) is 3.37. The van der Waals surface area contributed by atoms with Gasteiger partial charge in [0.1, 0.15) is 0 Å². The molecule has 142 valence electrons. The summed E-state index contributed by atoms with van der Waals surface area (Å²) in [4.78, 5) is 0. The molecule has 3 aromatic carbocycles. The molecule has 28 heavy (non-hydrogen) atoms. The molecular formula is C25H25NO2. The Balaban J connectivity index is 1.82. The maximum absolute atomic E-state index is 5.55. The standard InChI is InChI=1S/C25H25NO2/c1-27-24-15-20-13-14-26-23(22(20)17-25(24)28-2)16-21(18-9-5-3-6-10-18)19-11-7-4-8-12-19/h3-12,15-17,23,26H,13-14H2,1-2H3. The van der Waals surface area contributed by atoms with Gasteiger partial charge in [-0.3, -0.25) is 0 Å². The van der Waals surface area contributed by atoms with Gasteiger partial charge < -0.3 is 14.8 Å². The van der Waals surface area contributed by atoms with Crippen molar-refractivity contribution in [3.63, 3.8) is 0 Å². The van der Waals surface area contributed by atoms with Crippen LogP contribution in [0.25, 0.3) is 5.57 Å². The summed E-state index contributed by atoms with van der Waals surface area (Å²) >= 11 is 0. The van der Waals surface area contributed by atoms with Crippen LogP contribution in [0.5, 0.6) is 11.5 Å². The fourth-order valence-electron chi connectivity index (χ4n) is 3.83. The van der Waals surface area contributed by atoms with Crippen molar-refractivity contribution >= 4 is 5.57 Å². The first kappa shape index (κ1) is 18.3. The summed E-state index contributed by atoms with van der Waals surface area (Å²) in [6.07, 6.45) is 3.31. The molecule has 3 nitrogen and oxygen atoms in total. The van der Waals surface area contributed by atoms with Gasteiger partial charge in [0.25, 0.3) is 0 Å². The molecule has 4 rings (SSSR count). The van der Waals surface area contributed by atoms with Gasteiger partial charge in [-0.2, -0.15) is 0 Å². The molecule has 1 aliphatic rings. The second-order valence-electron chi connectivity index (χ2n) is 6.90. The quantitative estimate of drug-likeness (QED) is 0.683. The fourth-order valence-corrected chi connectivity index (χ4v) is 3.83. The molecule has 1 aliphatic heterocycles. The van der Waals surface area contributed by atoms with E-state index < -0.39 is 0 Å². The topological polar surface area (TPSA) is 30.5 Å². The summed E-state index contributed by atoms with van der Waals surface area (Å²) in [5, 5.41) is 3.66. The van der Waals surface area contributed by atoms with Crippen LogP contribution >= 0.6 is 0 Å². The largest absolute Gasteiger partial charge is 0.493 e. The van der Waals surface area contributed by atoms with Crippen LogP contribution in [0.15, 0.2) is 78.9 Å². The summed E-state index contributed by atoms with van der Waals surface area (Å²) in [6, 6.07) is 25.4. The predicted octanol–water partition coefficient (Wildman–Crippen LogP) is 5.02. The zero-order valence-electron chi connectivity index (χ0n) is 16.3. The van der Waals surface area contributed by atoms with Crippen molar-refractivity contribution in [1.82, 2.24) is 5.32 Å². The van der Waals surface area contributed by atoms with E-state index in [0.29, 0.717) is 0 Å². The van der Waals surface area contributed by atoms with Crippen molar-refractivity contribution in [1.29, 1.82) is 0 Å². The highest BCUT2D eigenvalue weighted by Gasteiger charge is 2.22. The first-order chi connectivity index (χ1) is 13.8. The van der Waals surface area contributed by atoms with Gasteiger partial charge >= 0.3 is 0 Å². The van der Waals surface area contributed by atoms with Gasteiger partial charge in [-0.15, -0.1) is 0 Å². The summed E-state index contributed by atoms with van der Waals surface area (Å²) in [6.45, 7) is 0.931. The van der Waals surface area contributed by atoms with Crippen molar-refractivity contribution in [2.45, 2.75) is 12.5 Å². The van der Waals surface area contributed by atoms with Gasteiger partial charge in [0.15, 0.2) is 11.5 Å². The van der Waals surface area contributed by atoms with Gasteiger partial charge in [0, 0.05) is 6.54 Å². The van der Waals surface area contributed by atoms with Crippen LogP contribution in [0.1, 0.15) is 28.3 Å². The van der Waals surface area contributed by atoms with Gasteiger partial charge in [-0.1, -0.05) is 66.7 Å². The monoisotopic (exact) mass is 371 g/mol. The Hall–Kier alpha value is -3.04. The first-order valence-electron chi connectivity index (χ1n) is 9.61. The van der Waals surface area contributed by atoms with E-state index in [0.717, 1.165) is 24.5 Å². The van der Waals surface area contributed by atoms with Crippen LogP contribution in [0.3, 0.4) is 0 Å². The molecule has 0 saturated heterocycles. The summed E-state index contributed by atoms with van der Waals surface area (Å²) < 4.78 is 11.0. The number of ether oxygens (including phenoxy) is 2. The highest BCUT2D eigenvalue weighted by molar-refractivity contribution is 5.80. The Morgan fingerprint density at radius 1 is 0.857 bits per heavy atom. The molecule has 0 bridgehead atoms. The van der Waals surface area contributed by atoms with Crippen LogP contribution in [0.4, 0.5) is 0 Å². The van der Waals surface area contributed by atoms with Crippen molar-refractivity contribution in [3.8, 4) is 11.5 Å². The molecular weight excluding hydrogens is 346 g/mol. The van der Waals surface area contributed by atoms with E-state index in [9.17, 15) is 0 Å². The van der Waals surface area contributed by atoms with Gasteiger partial charge in [0.2, 0.25) is 0 Å². The third kappa shape index (κ3) is 3.67. The Morgan fingerprint density at radius 2 is 1.43 bits per heavy atom. The maximum Gasteiger partial charge on any atom is 0.161 e. The van der Waals surface area contributed by atoms with Crippen LogP contribution in [0, 0.1) is 0 Å². The lowest BCUT2D eigenvalue weighted by atomic mass is 9.89. The van der Waals surface area contributed by atoms with E-state index in [4.69, 9.17) is 9.47 Å². The van der Waals surface area contributed by atoms with E-state index in [2.05, 4.69) is 84.2 Å². The zero-order valence-corrected chi connectivity index (χ0v) is 16.3. The minimum atomic E-state index is 0.110. The summed E-state index contributed by atoms with van der Waals surface area (Å²) in [5.74, 6) is 1.56. The van der Waals surface area contributed by atoms with Gasteiger partial charge in [-0.05, 0) is 46.4 Å². The van der Waals surface area contributed by atoms with Crippen molar-refractivity contribution < 1.29 is 9.47 Å². The predicted molar refractivity (Wildman–Crippen MR) is 114 cm³/mol. The number of nitrogens with one attached hydrogen (secondary N) is 1. The minimum absolute atomic E-state index is 0.110. The molecule has 1 atom stereocenters. The fraction of sp³-hybridized carbons (Fsp3) is 0.200. The zero-order chi connectivity index (χ0) is 19.3. The Kier molecular flexibility index (Phi) is 5.45. The number of methoxy groups -OCH3 is 2. The van der Waals surface area contributed by atoms with Crippen LogP contribution < -0.4 is 14.8 Å². The number of benzene rings is 3. The average Bonchev–Trinajstić information content (AvgIpc) is 2.77. The molecule has 0 amide bonds. The summed E-state index contributed by atoms with van der Waals surface area (Å²) in [5.41, 5.74) is 6.19. The molecule has 1 N–H and O–H groups in total. The van der Waals surface area contributed by atoms with Crippen molar-refractivity contribution in [2.24, 2.45) is 0 Å². The Bertz CT molecular complexity index is 923. The molecule has 0 aromatic heterocycles. The number of hydrogen-bond donors (Lipinski definition) is 1. The molecule has 3 aromatic rings. The van der Waals surface area contributed by atoms with Crippen molar-refractivity contribution in [2.75, 3.05) is 20.8 Å². The lowest BCUT2D eigenvalue weighted by Gasteiger charge is -2.27. The van der Waals surface area contributed by atoms with E-state index in [-0.39, 0.29) is 6.04 Å². The lowest BCUT2D eigenvalue weighted by Crippen LogP contribution is -2.29. The lowest BCUT2D eigenvalue weighted by molar-refractivity contribution is 0.353. The van der Waals surface area contributed by atoms with Crippen LogP contribution in [-0.2, 0) is 6.42 Å². The molecule has 0 aliphatic carbocycles. The maximum atomic E-state index is 5.55. The molecule has 0 fully saturated rings. The SMILES string of the molecule is COc1cc2c(cc1OC)C(C=C(c1ccccc1)c1ccccc1)NCC2. The average molecular weight is 371 g/mol. The second-order valence-corrected chi connectivity index (χ2v) is 6.90. The molecule has 0 radical (unpaired) electrons. The van der Waals surface area contributed by atoms with E-state index in [1.54, 1.807) is 14.2 Å². The number of rotatable bonds is 5. The smallest absolute Gasteiger partial charge is 0.161 e. The van der Waals surface area contributed by atoms with Gasteiger partial charge in [-0.25, -0.2) is 0 Å². The van der Waals surface area contributed by atoms with Gasteiger partial charge in [0.05, 0.1) is 20.3 Å². The molecule has 0 saturated carbocycles. The molecule has 1 unspecified atom stereocenters. The first-order valence-corrected chi connectivity index (χ1v) is 9.61. The van der Waals surface area contributed by atoms with Crippen LogP contribution in [0.2, 0.25) is 0 Å². The highest BCUT2D eigenvalue weighted by Crippen LogP contribution is 2.37. The van der Waals surface area contributed by atoms with E-state index >= 15 is 0 Å². The third-order valence-electron chi connectivity index (χ3n) is 5.24.